The fourth-order valence-corrected chi connectivity index (χ4v) is 4.31. The predicted molar refractivity (Wildman–Crippen MR) is 93.7 cm³/mol. The van der Waals surface area contributed by atoms with Crippen molar-refractivity contribution in [2.75, 3.05) is 32.4 Å². The molecule has 2 saturated heterocycles. The van der Waals surface area contributed by atoms with Crippen LogP contribution >= 0.6 is 0 Å². The Morgan fingerprint density at radius 1 is 1.12 bits per heavy atom. The van der Waals surface area contributed by atoms with E-state index in [1.54, 1.807) is 24.5 Å². The van der Waals surface area contributed by atoms with Gasteiger partial charge in [0, 0.05) is 38.6 Å². The molecule has 0 spiro atoms. The van der Waals surface area contributed by atoms with E-state index in [2.05, 4.69) is 4.98 Å². The smallest absolute Gasteiger partial charge is 0.255 e. The van der Waals surface area contributed by atoms with Gasteiger partial charge in [0.25, 0.3) is 5.91 Å². The van der Waals surface area contributed by atoms with Gasteiger partial charge < -0.3 is 9.64 Å². The molecule has 0 aromatic carbocycles. The van der Waals surface area contributed by atoms with E-state index in [-0.39, 0.29) is 18.1 Å². The van der Waals surface area contributed by atoms with E-state index in [4.69, 9.17) is 4.74 Å². The highest BCUT2D eigenvalue weighted by atomic mass is 32.2. The molecule has 2 aliphatic rings. The summed E-state index contributed by atoms with van der Waals surface area (Å²) in [6, 6.07) is 3.56. The first-order valence-electron chi connectivity index (χ1n) is 8.73. The topological polar surface area (TPSA) is 79.8 Å². The lowest BCUT2D eigenvalue weighted by Crippen LogP contribution is -2.44. The first-order chi connectivity index (χ1) is 11.9. The number of nitrogens with zero attached hydrogens (tertiary/aromatic N) is 3. The molecule has 2 fully saturated rings. The first-order valence-corrected chi connectivity index (χ1v) is 10.6. The summed E-state index contributed by atoms with van der Waals surface area (Å²) >= 11 is 0. The number of ether oxygens (including phenoxy) is 1. The van der Waals surface area contributed by atoms with E-state index in [9.17, 15) is 13.2 Å². The minimum atomic E-state index is -3.10. The lowest BCUT2D eigenvalue weighted by atomic mass is 10.0. The molecule has 0 unspecified atom stereocenters. The monoisotopic (exact) mass is 367 g/mol. The summed E-state index contributed by atoms with van der Waals surface area (Å²) in [6.45, 7) is 2.42. The van der Waals surface area contributed by atoms with Crippen LogP contribution in [0.25, 0.3) is 0 Å². The van der Waals surface area contributed by atoms with Crippen molar-refractivity contribution in [3.05, 3.63) is 30.1 Å². The number of carbonyl (C=O) groups is 1. The van der Waals surface area contributed by atoms with E-state index in [1.807, 2.05) is 4.90 Å². The molecule has 0 bridgehead atoms. The van der Waals surface area contributed by atoms with Crippen LogP contribution in [0.4, 0.5) is 0 Å². The highest BCUT2D eigenvalue weighted by molar-refractivity contribution is 7.88. The fourth-order valence-electron chi connectivity index (χ4n) is 3.44. The third kappa shape index (κ3) is 4.77. The molecule has 25 heavy (non-hydrogen) atoms. The number of hydrogen-bond donors (Lipinski definition) is 0. The number of aromatic nitrogens is 1. The van der Waals surface area contributed by atoms with Crippen molar-refractivity contribution < 1.29 is 17.9 Å². The number of piperidine rings is 2. The summed E-state index contributed by atoms with van der Waals surface area (Å²) in [5, 5.41) is 0. The highest BCUT2D eigenvalue weighted by Crippen LogP contribution is 2.22. The zero-order valence-corrected chi connectivity index (χ0v) is 15.3. The Bertz CT molecular complexity index is 679. The molecule has 1 amide bonds. The van der Waals surface area contributed by atoms with Crippen molar-refractivity contribution in [3.8, 4) is 0 Å². The predicted octanol–water partition coefficient (Wildman–Crippen LogP) is 1.13. The zero-order chi connectivity index (χ0) is 17.9. The Hall–Kier alpha value is -1.51. The van der Waals surface area contributed by atoms with Gasteiger partial charge in [-0.15, -0.1) is 0 Å². The van der Waals surface area contributed by atoms with Crippen LogP contribution in [0.3, 0.4) is 0 Å². The van der Waals surface area contributed by atoms with Crippen molar-refractivity contribution in [1.29, 1.82) is 0 Å². The van der Waals surface area contributed by atoms with Crippen molar-refractivity contribution in [1.82, 2.24) is 14.2 Å². The molecule has 3 heterocycles. The van der Waals surface area contributed by atoms with E-state index < -0.39 is 10.0 Å². The molecule has 0 atom stereocenters. The van der Waals surface area contributed by atoms with E-state index in [1.165, 1.54) is 10.6 Å². The largest absolute Gasteiger partial charge is 0.375 e. The van der Waals surface area contributed by atoms with Crippen molar-refractivity contribution in [2.24, 2.45) is 0 Å². The number of amides is 1. The number of pyridine rings is 1. The van der Waals surface area contributed by atoms with Gasteiger partial charge in [-0.25, -0.2) is 12.7 Å². The minimum Gasteiger partial charge on any atom is -0.375 e. The van der Waals surface area contributed by atoms with Crippen LogP contribution in [0.1, 0.15) is 36.0 Å². The molecular weight excluding hydrogens is 342 g/mol. The quantitative estimate of drug-likeness (QED) is 0.797. The lowest BCUT2D eigenvalue weighted by Gasteiger charge is -2.36. The third-order valence-corrected chi connectivity index (χ3v) is 6.20. The molecule has 7 nitrogen and oxygen atoms in total. The van der Waals surface area contributed by atoms with Crippen LogP contribution in [0.15, 0.2) is 24.5 Å². The molecule has 1 aromatic heterocycles. The Morgan fingerprint density at radius 2 is 1.72 bits per heavy atom. The molecule has 1 aromatic rings. The Kier molecular flexibility index (Phi) is 5.71. The molecule has 0 saturated carbocycles. The molecule has 8 heteroatoms. The zero-order valence-electron chi connectivity index (χ0n) is 14.5. The molecule has 0 radical (unpaired) electrons. The second kappa shape index (κ2) is 7.80. The molecule has 0 aliphatic carbocycles. The van der Waals surface area contributed by atoms with Crippen LogP contribution in [-0.4, -0.2) is 73.2 Å². The highest BCUT2D eigenvalue weighted by Gasteiger charge is 2.29. The molecule has 138 valence electrons. The van der Waals surface area contributed by atoms with Gasteiger partial charge in [0.1, 0.15) is 0 Å². The van der Waals surface area contributed by atoms with Gasteiger partial charge in [0.2, 0.25) is 10.0 Å². The number of rotatable bonds is 4. The van der Waals surface area contributed by atoms with Gasteiger partial charge in [0.15, 0.2) is 0 Å². The molecule has 0 N–H and O–H groups in total. The molecular formula is C17H25N3O4S. The molecule has 2 aliphatic heterocycles. The Labute approximate surface area is 149 Å². The van der Waals surface area contributed by atoms with Crippen molar-refractivity contribution >= 4 is 15.9 Å². The van der Waals surface area contributed by atoms with Crippen LogP contribution in [0, 0.1) is 0 Å². The van der Waals surface area contributed by atoms with E-state index in [0.717, 1.165) is 25.7 Å². The van der Waals surface area contributed by atoms with Gasteiger partial charge in [-0.1, -0.05) is 0 Å². The third-order valence-electron chi connectivity index (χ3n) is 4.89. The number of sulfonamides is 1. The normalized spacial score (nSPS) is 21.4. The van der Waals surface area contributed by atoms with Crippen molar-refractivity contribution in [3.63, 3.8) is 0 Å². The fraction of sp³-hybridized carbons (Fsp3) is 0.647. The number of hydrogen-bond acceptors (Lipinski definition) is 5. The minimum absolute atomic E-state index is 0.0213. The summed E-state index contributed by atoms with van der Waals surface area (Å²) in [5.41, 5.74) is 0.620. The Balaban J connectivity index is 1.44. The van der Waals surface area contributed by atoms with Gasteiger partial charge >= 0.3 is 0 Å². The van der Waals surface area contributed by atoms with Crippen molar-refractivity contribution in [2.45, 2.75) is 37.9 Å². The first kappa shape index (κ1) is 18.3. The summed E-state index contributed by atoms with van der Waals surface area (Å²) in [6.07, 6.45) is 7.88. The second-order valence-electron chi connectivity index (χ2n) is 6.73. The SMILES string of the molecule is CS(=O)(=O)N1CCC(OC2CCN(C(=O)c3cccnc3)CC2)CC1. The maximum Gasteiger partial charge on any atom is 0.255 e. The molecule has 3 rings (SSSR count). The van der Waals surface area contributed by atoms with E-state index >= 15 is 0 Å². The van der Waals surface area contributed by atoms with Crippen LogP contribution in [0.5, 0.6) is 0 Å². The average Bonchev–Trinajstić information content (AvgIpc) is 2.62. The van der Waals surface area contributed by atoms with Crippen LogP contribution in [0.2, 0.25) is 0 Å². The maximum atomic E-state index is 12.4. The van der Waals surface area contributed by atoms with Crippen LogP contribution < -0.4 is 0 Å². The summed E-state index contributed by atoms with van der Waals surface area (Å²) < 4.78 is 30.8. The van der Waals surface area contributed by atoms with Gasteiger partial charge in [-0.2, -0.15) is 0 Å². The summed E-state index contributed by atoms with van der Waals surface area (Å²) in [4.78, 5) is 18.3. The Morgan fingerprint density at radius 3 is 2.24 bits per heavy atom. The van der Waals surface area contributed by atoms with Crippen LogP contribution in [-0.2, 0) is 14.8 Å². The number of likely N-dealkylation sites (tertiary alicyclic amines) is 1. The number of carbonyl (C=O) groups excluding carboxylic acids is 1. The van der Waals surface area contributed by atoms with Gasteiger partial charge in [-0.05, 0) is 37.8 Å². The van der Waals surface area contributed by atoms with Gasteiger partial charge in [0.05, 0.1) is 24.0 Å². The van der Waals surface area contributed by atoms with E-state index in [0.29, 0.717) is 31.7 Å². The standard InChI is InChI=1S/C17H25N3O4S/c1-25(22,23)20-11-6-16(7-12-20)24-15-4-9-19(10-5-15)17(21)14-3-2-8-18-13-14/h2-3,8,13,15-16H,4-7,9-12H2,1H3. The summed E-state index contributed by atoms with van der Waals surface area (Å²) in [7, 11) is -3.10. The summed E-state index contributed by atoms with van der Waals surface area (Å²) in [5.74, 6) is 0.0213. The lowest BCUT2D eigenvalue weighted by molar-refractivity contribution is -0.0557. The maximum absolute atomic E-state index is 12.4. The second-order valence-corrected chi connectivity index (χ2v) is 8.71. The average molecular weight is 367 g/mol. The van der Waals surface area contributed by atoms with Gasteiger partial charge in [-0.3, -0.25) is 9.78 Å².